The van der Waals surface area contributed by atoms with Gasteiger partial charge < -0.3 is 10.1 Å². The summed E-state index contributed by atoms with van der Waals surface area (Å²) in [5.41, 5.74) is 0.716. The van der Waals surface area contributed by atoms with Crippen LogP contribution >= 0.6 is 11.6 Å². The van der Waals surface area contributed by atoms with Gasteiger partial charge in [-0.25, -0.2) is 4.39 Å². The first-order valence-electron chi connectivity index (χ1n) is 6.19. The molecule has 21 heavy (non-hydrogen) atoms. The van der Waals surface area contributed by atoms with Crippen LogP contribution in [0.1, 0.15) is 17.2 Å². The maximum Gasteiger partial charge on any atom is 0.387 e. The Morgan fingerprint density at radius 3 is 2.43 bits per heavy atom. The number of ether oxygens (including phenoxy) is 1. The molecule has 1 unspecified atom stereocenters. The number of hydrogen-bond acceptors (Lipinski definition) is 2. The summed E-state index contributed by atoms with van der Waals surface area (Å²) in [6, 6.07) is 9.87. The highest BCUT2D eigenvalue weighted by Crippen LogP contribution is 2.32. The topological polar surface area (TPSA) is 21.3 Å². The summed E-state index contributed by atoms with van der Waals surface area (Å²) >= 11 is 5.73. The van der Waals surface area contributed by atoms with Gasteiger partial charge in [-0.05, 0) is 25.2 Å². The van der Waals surface area contributed by atoms with Crippen molar-refractivity contribution in [1.29, 1.82) is 0 Å². The molecule has 2 aromatic carbocycles. The smallest absolute Gasteiger partial charge is 0.387 e. The summed E-state index contributed by atoms with van der Waals surface area (Å²) in [6.07, 6.45) is 0. The molecule has 2 nitrogen and oxygen atoms in total. The molecule has 1 atom stereocenters. The molecule has 2 aromatic rings. The van der Waals surface area contributed by atoms with Gasteiger partial charge >= 0.3 is 6.61 Å². The third-order valence-electron chi connectivity index (χ3n) is 3.01. The summed E-state index contributed by atoms with van der Waals surface area (Å²) in [4.78, 5) is 0. The molecule has 0 amide bonds. The van der Waals surface area contributed by atoms with Gasteiger partial charge in [0.2, 0.25) is 0 Å². The van der Waals surface area contributed by atoms with Crippen LogP contribution in [0.2, 0.25) is 5.02 Å². The fourth-order valence-corrected chi connectivity index (χ4v) is 2.30. The molecule has 0 aliphatic rings. The first-order chi connectivity index (χ1) is 10.0. The van der Waals surface area contributed by atoms with E-state index in [2.05, 4.69) is 10.1 Å². The van der Waals surface area contributed by atoms with Crippen LogP contribution in [0.3, 0.4) is 0 Å². The number of halogens is 4. The molecule has 0 radical (unpaired) electrons. The Bertz CT molecular complexity index is 622. The zero-order valence-electron chi connectivity index (χ0n) is 11.1. The molecule has 1 N–H and O–H groups in total. The van der Waals surface area contributed by atoms with E-state index in [1.54, 1.807) is 31.3 Å². The largest absolute Gasteiger partial charge is 0.434 e. The van der Waals surface area contributed by atoms with Gasteiger partial charge in [-0.2, -0.15) is 8.78 Å². The van der Waals surface area contributed by atoms with Crippen LogP contribution in [-0.4, -0.2) is 13.7 Å². The molecule has 2 rings (SSSR count). The second-order valence-corrected chi connectivity index (χ2v) is 4.74. The summed E-state index contributed by atoms with van der Waals surface area (Å²) in [7, 11) is 1.61. The molecule has 0 aliphatic carbocycles. The van der Waals surface area contributed by atoms with E-state index in [-0.39, 0.29) is 10.8 Å². The Kier molecular flexibility index (Phi) is 5.09. The quantitative estimate of drug-likeness (QED) is 0.883. The van der Waals surface area contributed by atoms with Crippen molar-refractivity contribution in [2.45, 2.75) is 12.7 Å². The van der Waals surface area contributed by atoms with Gasteiger partial charge in [0, 0.05) is 16.1 Å². The van der Waals surface area contributed by atoms with Crippen LogP contribution in [0, 0.1) is 5.82 Å². The predicted octanol–water partition coefficient (Wildman–Crippen LogP) is 4.39. The highest BCUT2D eigenvalue weighted by Gasteiger charge is 2.21. The van der Waals surface area contributed by atoms with Gasteiger partial charge in [-0.1, -0.05) is 35.9 Å². The SMILES string of the molecule is CNC(c1ccc(Cl)cc1F)c1ccccc1OC(F)F. The second-order valence-electron chi connectivity index (χ2n) is 4.30. The van der Waals surface area contributed by atoms with Crippen molar-refractivity contribution >= 4 is 11.6 Å². The molecule has 0 aromatic heterocycles. The lowest BCUT2D eigenvalue weighted by Gasteiger charge is -2.21. The zero-order valence-corrected chi connectivity index (χ0v) is 11.9. The Morgan fingerprint density at radius 2 is 1.81 bits per heavy atom. The van der Waals surface area contributed by atoms with Gasteiger partial charge in [0.1, 0.15) is 11.6 Å². The molecule has 0 heterocycles. The van der Waals surface area contributed by atoms with E-state index >= 15 is 0 Å². The molecule has 112 valence electrons. The number of nitrogens with one attached hydrogen (secondary N) is 1. The number of alkyl halides is 2. The highest BCUT2D eigenvalue weighted by atomic mass is 35.5. The minimum absolute atomic E-state index is 0.00111. The van der Waals surface area contributed by atoms with Crippen LogP contribution in [0.4, 0.5) is 13.2 Å². The molecule has 0 saturated carbocycles. The zero-order chi connectivity index (χ0) is 15.4. The number of rotatable bonds is 5. The molecular weight excluding hydrogens is 303 g/mol. The van der Waals surface area contributed by atoms with E-state index < -0.39 is 18.5 Å². The van der Waals surface area contributed by atoms with Crippen molar-refractivity contribution in [1.82, 2.24) is 5.32 Å². The van der Waals surface area contributed by atoms with E-state index in [0.29, 0.717) is 11.1 Å². The van der Waals surface area contributed by atoms with Crippen molar-refractivity contribution in [2.24, 2.45) is 0 Å². The predicted molar refractivity (Wildman–Crippen MR) is 75.4 cm³/mol. The normalized spacial score (nSPS) is 12.5. The standard InChI is InChI=1S/C15H13ClF3NO/c1-20-14(10-7-6-9(16)8-12(10)17)11-4-2-3-5-13(11)21-15(18)19/h2-8,14-15,20H,1H3. The fourth-order valence-electron chi connectivity index (χ4n) is 2.14. The Balaban J connectivity index is 2.46. The van der Waals surface area contributed by atoms with Gasteiger partial charge in [-0.15, -0.1) is 0 Å². The summed E-state index contributed by atoms with van der Waals surface area (Å²) in [5.74, 6) is -0.519. The van der Waals surface area contributed by atoms with E-state index in [4.69, 9.17) is 11.6 Å². The van der Waals surface area contributed by atoms with Crippen LogP contribution in [0.15, 0.2) is 42.5 Å². The second kappa shape index (κ2) is 6.83. The van der Waals surface area contributed by atoms with Gasteiger partial charge in [-0.3, -0.25) is 0 Å². The third kappa shape index (κ3) is 3.68. The lowest BCUT2D eigenvalue weighted by atomic mass is 9.97. The number of para-hydroxylation sites is 1. The average molecular weight is 316 g/mol. The van der Waals surface area contributed by atoms with Gasteiger partial charge in [0.05, 0.1) is 6.04 Å². The minimum Gasteiger partial charge on any atom is -0.434 e. The number of benzene rings is 2. The monoisotopic (exact) mass is 315 g/mol. The van der Waals surface area contributed by atoms with Crippen LogP contribution in [0.5, 0.6) is 5.75 Å². The van der Waals surface area contributed by atoms with E-state index in [9.17, 15) is 13.2 Å². The van der Waals surface area contributed by atoms with E-state index in [0.717, 1.165) is 0 Å². The maximum absolute atomic E-state index is 14.1. The molecule has 6 heteroatoms. The molecule has 0 saturated heterocycles. The fraction of sp³-hybridized carbons (Fsp3) is 0.200. The third-order valence-corrected chi connectivity index (χ3v) is 3.24. The molecule has 0 spiro atoms. The van der Waals surface area contributed by atoms with Crippen molar-refractivity contribution in [3.8, 4) is 5.75 Å². The minimum atomic E-state index is -2.95. The first kappa shape index (κ1) is 15.7. The first-order valence-corrected chi connectivity index (χ1v) is 6.56. The van der Waals surface area contributed by atoms with Crippen molar-refractivity contribution in [3.05, 3.63) is 64.4 Å². The Hall–Kier alpha value is -1.72. The summed E-state index contributed by atoms with van der Waals surface area (Å²) < 4.78 is 43.5. The van der Waals surface area contributed by atoms with E-state index in [1.165, 1.54) is 18.2 Å². The molecular formula is C15H13ClF3NO. The van der Waals surface area contributed by atoms with Crippen molar-refractivity contribution in [3.63, 3.8) is 0 Å². The lowest BCUT2D eigenvalue weighted by molar-refractivity contribution is -0.0506. The molecule has 0 aliphatic heterocycles. The van der Waals surface area contributed by atoms with Crippen LogP contribution in [0.25, 0.3) is 0 Å². The van der Waals surface area contributed by atoms with E-state index in [1.807, 2.05) is 0 Å². The maximum atomic E-state index is 14.1. The van der Waals surface area contributed by atoms with Gasteiger partial charge in [0.25, 0.3) is 0 Å². The van der Waals surface area contributed by atoms with Crippen molar-refractivity contribution < 1.29 is 17.9 Å². The molecule has 0 fully saturated rings. The van der Waals surface area contributed by atoms with Gasteiger partial charge in [0.15, 0.2) is 0 Å². The molecule has 0 bridgehead atoms. The Morgan fingerprint density at radius 1 is 1.10 bits per heavy atom. The van der Waals surface area contributed by atoms with Crippen LogP contribution < -0.4 is 10.1 Å². The number of hydrogen-bond donors (Lipinski definition) is 1. The highest BCUT2D eigenvalue weighted by molar-refractivity contribution is 6.30. The van der Waals surface area contributed by atoms with Crippen molar-refractivity contribution in [2.75, 3.05) is 7.05 Å². The average Bonchev–Trinajstić information content (AvgIpc) is 2.43. The summed E-state index contributed by atoms with van der Waals surface area (Å²) in [5, 5.41) is 3.17. The lowest BCUT2D eigenvalue weighted by Crippen LogP contribution is -2.20. The van der Waals surface area contributed by atoms with Crippen LogP contribution in [-0.2, 0) is 0 Å². The summed E-state index contributed by atoms with van der Waals surface area (Å²) in [6.45, 7) is -2.95. The Labute approximate surface area is 125 Å².